The molecule has 0 N–H and O–H groups in total. The van der Waals surface area contributed by atoms with E-state index >= 15 is 0 Å². The summed E-state index contributed by atoms with van der Waals surface area (Å²) in [7, 11) is 0. The van der Waals surface area contributed by atoms with Crippen LogP contribution in [0.4, 0.5) is 0 Å². The summed E-state index contributed by atoms with van der Waals surface area (Å²) in [6, 6.07) is 10.9. The summed E-state index contributed by atoms with van der Waals surface area (Å²) < 4.78 is 6.45. The van der Waals surface area contributed by atoms with Gasteiger partial charge in [-0.2, -0.15) is 5.10 Å². The minimum Gasteiger partial charge on any atom is -0.467 e. The molecule has 4 rings (SSSR count). The van der Waals surface area contributed by atoms with Gasteiger partial charge in [-0.3, -0.25) is 4.79 Å². The molecule has 1 amide bonds. The minimum absolute atomic E-state index is 0.0689. The number of benzene rings is 1. The lowest BCUT2D eigenvalue weighted by molar-refractivity contribution is -0.132. The van der Waals surface area contributed by atoms with Gasteiger partial charge in [-0.25, -0.2) is 9.99 Å². The van der Waals surface area contributed by atoms with Crippen LogP contribution in [0.5, 0.6) is 0 Å². The van der Waals surface area contributed by atoms with Gasteiger partial charge in [0.1, 0.15) is 11.8 Å². The van der Waals surface area contributed by atoms with Gasteiger partial charge in [-0.15, -0.1) is 11.3 Å². The summed E-state index contributed by atoms with van der Waals surface area (Å²) in [5.41, 5.74) is 1.79. The summed E-state index contributed by atoms with van der Waals surface area (Å²) in [6.07, 6.45) is 3.95. The summed E-state index contributed by atoms with van der Waals surface area (Å²) in [5.74, 6) is 0.656. The molecule has 2 unspecified atom stereocenters. The molecule has 138 valence electrons. The lowest BCUT2D eigenvalue weighted by atomic mass is 10.0. The molecule has 0 radical (unpaired) electrons. The molecule has 0 saturated carbocycles. The number of hydrogen-bond donors (Lipinski definition) is 0. The molecule has 0 aliphatic carbocycles. The molecule has 0 saturated heterocycles. The summed E-state index contributed by atoms with van der Waals surface area (Å²) in [5, 5.41) is 8.46. The Morgan fingerprint density at radius 3 is 2.85 bits per heavy atom. The first-order chi connectivity index (χ1) is 13.1. The van der Waals surface area contributed by atoms with Gasteiger partial charge < -0.3 is 4.42 Å². The van der Waals surface area contributed by atoms with Crippen LogP contribution in [0.15, 0.2) is 68.1 Å². The highest BCUT2D eigenvalue weighted by atomic mass is 35.5. The van der Waals surface area contributed by atoms with Crippen molar-refractivity contribution in [3.05, 3.63) is 70.6 Å². The van der Waals surface area contributed by atoms with Crippen molar-refractivity contribution in [2.75, 3.05) is 0 Å². The van der Waals surface area contributed by atoms with Gasteiger partial charge in [0, 0.05) is 23.0 Å². The lowest BCUT2D eigenvalue weighted by Crippen LogP contribution is -2.33. The Balaban J connectivity index is 1.61. The van der Waals surface area contributed by atoms with Crippen molar-refractivity contribution in [2.45, 2.75) is 29.0 Å². The van der Waals surface area contributed by atoms with Crippen LogP contribution in [0.25, 0.3) is 0 Å². The van der Waals surface area contributed by atoms with Gasteiger partial charge in [0.25, 0.3) is 5.91 Å². The zero-order chi connectivity index (χ0) is 18.8. The minimum atomic E-state index is -0.304. The Hall–Kier alpha value is -2.09. The zero-order valence-corrected chi connectivity index (χ0v) is 16.8. The van der Waals surface area contributed by atoms with Gasteiger partial charge >= 0.3 is 0 Å². The molecule has 3 aromatic rings. The molecule has 1 aliphatic heterocycles. The van der Waals surface area contributed by atoms with E-state index < -0.39 is 0 Å². The number of thioether (sulfide) groups is 1. The number of hydrogen-bond acceptors (Lipinski definition) is 6. The molecule has 1 aliphatic rings. The van der Waals surface area contributed by atoms with Crippen LogP contribution in [0.1, 0.15) is 30.7 Å². The molecule has 1 aromatic carbocycles. The number of amides is 1. The number of carbonyl (C=O) groups excluding carboxylic acids is 1. The van der Waals surface area contributed by atoms with E-state index in [4.69, 9.17) is 16.0 Å². The Labute approximate surface area is 170 Å². The highest BCUT2D eigenvalue weighted by molar-refractivity contribution is 8.02. The normalized spacial score (nSPS) is 17.8. The third-order valence-electron chi connectivity index (χ3n) is 4.22. The van der Waals surface area contributed by atoms with Crippen molar-refractivity contribution in [2.24, 2.45) is 5.10 Å². The first kappa shape index (κ1) is 18.3. The first-order valence-electron chi connectivity index (χ1n) is 8.38. The molecule has 0 bridgehead atoms. The predicted octanol–water partition coefficient (Wildman–Crippen LogP) is 5.25. The van der Waals surface area contributed by atoms with Crippen molar-refractivity contribution in [3.63, 3.8) is 0 Å². The molecule has 2 atom stereocenters. The van der Waals surface area contributed by atoms with Crippen molar-refractivity contribution >= 4 is 46.3 Å². The summed E-state index contributed by atoms with van der Waals surface area (Å²) in [6.45, 7) is 1.88. The third-order valence-corrected chi connectivity index (χ3v) is 6.48. The average molecular weight is 418 g/mol. The molecule has 2 aromatic heterocycles. The second-order valence-corrected chi connectivity index (χ2v) is 8.95. The quantitative estimate of drug-likeness (QED) is 0.532. The molecule has 3 heterocycles. The smallest absolute Gasteiger partial charge is 0.256 e. The number of halogens is 1. The third kappa shape index (κ3) is 3.95. The van der Waals surface area contributed by atoms with E-state index in [1.54, 1.807) is 17.5 Å². The number of thiazole rings is 1. The Kier molecular flexibility index (Phi) is 5.33. The second kappa shape index (κ2) is 7.88. The average Bonchev–Trinajstić information content (AvgIpc) is 3.42. The van der Waals surface area contributed by atoms with Crippen molar-refractivity contribution < 1.29 is 9.21 Å². The molecule has 8 heteroatoms. The lowest BCUT2D eigenvalue weighted by Gasteiger charge is -2.22. The molecular weight excluding hydrogens is 402 g/mol. The van der Waals surface area contributed by atoms with E-state index in [1.807, 2.05) is 48.7 Å². The van der Waals surface area contributed by atoms with E-state index in [0.29, 0.717) is 11.4 Å². The molecule has 27 heavy (non-hydrogen) atoms. The predicted molar refractivity (Wildman–Crippen MR) is 108 cm³/mol. The molecular formula is C19H16ClN3O2S2. The largest absolute Gasteiger partial charge is 0.467 e. The topological polar surface area (TPSA) is 58.7 Å². The number of nitrogens with zero attached hydrogens (tertiary/aromatic N) is 3. The van der Waals surface area contributed by atoms with Gasteiger partial charge in [0.2, 0.25) is 0 Å². The van der Waals surface area contributed by atoms with Crippen LogP contribution in [0.2, 0.25) is 5.02 Å². The summed E-state index contributed by atoms with van der Waals surface area (Å²) in [4.78, 5) is 17.4. The number of rotatable bonds is 5. The number of furan rings is 1. The Morgan fingerprint density at radius 2 is 2.19 bits per heavy atom. The van der Waals surface area contributed by atoms with E-state index in [9.17, 15) is 4.79 Å². The molecule has 0 fully saturated rings. The standard InChI is InChI=1S/C19H16ClN3O2S2/c1-12(27-19-21-8-10-26-19)18(24)23-16(17-3-2-9-25-17)11-15(22-23)13-4-6-14(20)7-5-13/h2-10,12,16H,11H2,1H3. The Morgan fingerprint density at radius 1 is 1.37 bits per heavy atom. The fraction of sp³-hybridized carbons (Fsp3) is 0.211. The van der Waals surface area contributed by atoms with Crippen molar-refractivity contribution in [1.29, 1.82) is 0 Å². The second-order valence-electron chi connectivity index (χ2n) is 6.03. The van der Waals surface area contributed by atoms with Crippen LogP contribution in [-0.2, 0) is 4.79 Å². The molecule has 0 spiro atoms. The van der Waals surface area contributed by atoms with Crippen LogP contribution < -0.4 is 0 Å². The van der Waals surface area contributed by atoms with Gasteiger partial charge in [0.15, 0.2) is 4.34 Å². The summed E-state index contributed by atoms with van der Waals surface area (Å²) >= 11 is 8.95. The maximum Gasteiger partial charge on any atom is 0.256 e. The van der Waals surface area contributed by atoms with Crippen LogP contribution in [-0.4, -0.2) is 26.9 Å². The van der Waals surface area contributed by atoms with Gasteiger partial charge in [-0.05, 0) is 36.8 Å². The number of aromatic nitrogens is 1. The van der Waals surface area contributed by atoms with Crippen molar-refractivity contribution in [3.8, 4) is 0 Å². The van der Waals surface area contributed by atoms with E-state index in [-0.39, 0.29) is 17.2 Å². The number of hydrazone groups is 1. The zero-order valence-electron chi connectivity index (χ0n) is 14.4. The molecule has 5 nitrogen and oxygen atoms in total. The first-order valence-corrected chi connectivity index (χ1v) is 10.5. The van der Waals surface area contributed by atoms with Gasteiger partial charge in [0.05, 0.1) is 17.2 Å². The maximum absolute atomic E-state index is 13.1. The van der Waals surface area contributed by atoms with Crippen LogP contribution >= 0.6 is 34.7 Å². The number of carbonyl (C=O) groups is 1. The van der Waals surface area contributed by atoms with Gasteiger partial charge in [-0.1, -0.05) is 35.5 Å². The van der Waals surface area contributed by atoms with E-state index in [2.05, 4.69) is 10.1 Å². The monoisotopic (exact) mass is 417 g/mol. The SMILES string of the molecule is CC(Sc1nccs1)C(=O)N1N=C(c2ccc(Cl)cc2)CC1c1ccco1. The van der Waals surface area contributed by atoms with Crippen molar-refractivity contribution in [1.82, 2.24) is 9.99 Å². The fourth-order valence-corrected chi connectivity index (χ4v) is 4.83. The van der Waals surface area contributed by atoms with E-state index in [0.717, 1.165) is 21.4 Å². The maximum atomic E-state index is 13.1. The highest BCUT2D eigenvalue weighted by Gasteiger charge is 2.37. The Bertz CT molecular complexity index is 940. The van der Waals surface area contributed by atoms with Crippen LogP contribution in [0, 0.1) is 0 Å². The highest BCUT2D eigenvalue weighted by Crippen LogP contribution is 2.36. The van der Waals surface area contributed by atoms with E-state index in [1.165, 1.54) is 23.1 Å². The van der Waals surface area contributed by atoms with Crippen LogP contribution in [0.3, 0.4) is 0 Å². The fourth-order valence-electron chi connectivity index (χ4n) is 2.89.